The summed E-state index contributed by atoms with van der Waals surface area (Å²) in [6.45, 7) is 1.57. The summed E-state index contributed by atoms with van der Waals surface area (Å²) in [5.41, 5.74) is 0. The number of isocyanates is 1. The van der Waals surface area contributed by atoms with Crippen LogP contribution in [0.1, 0.15) is 51.4 Å². The van der Waals surface area contributed by atoms with Gasteiger partial charge < -0.3 is 5.32 Å². The van der Waals surface area contributed by atoms with Crippen molar-refractivity contribution in [3.8, 4) is 0 Å². The Morgan fingerprint density at radius 1 is 1.06 bits per heavy atom. The van der Waals surface area contributed by atoms with Crippen LogP contribution in [0.5, 0.6) is 0 Å². The highest BCUT2D eigenvalue weighted by Gasteiger charge is 1.92. The molecule has 0 fully saturated rings. The lowest BCUT2D eigenvalue weighted by Gasteiger charge is -2.03. The Bertz CT molecular complexity index is 231. The molecule has 0 spiro atoms. The molecule has 0 amide bonds. The van der Waals surface area contributed by atoms with Crippen LogP contribution in [-0.2, 0) is 4.79 Å². The maximum Gasteiger partial charge on any atom is 0.234 e. The van der Waals surface area contributed by atoms with Gasteiger partial charge in [-0.1, -0.05) is 50.7 Å². The van der Waals surface area contributed by atoms with Gasteiger partial charge in [-0.2, -0.15) is 0 Å². The first-order valence-electron chi connectivity index (χ1n) is 6.28. The van der Waals surface area contributed by atoms with Gasteiger partial charge in [-0.15, -0.1) is 12.6 Å². The fourth-order valence-electron chi connectivity index (χ4n) is 1.62. The van der Waals surface area contributed by atoms with E-state index in [1.54, 1.807) is 6.08 Å². The molecule has 0 bridgehead atoms. The van der Waals surface area contributed by atoms with E-state index in [1.165, 1.54) is 38.5 Å². The molecular weight excluding hydrogens is 252 g/mol. The van der Waals surface area contributed by atoms with E-state index in [1.807, 2.05) is 0 Å². The normalized spacial score (nSPS) is 9.71. The van der Waals surface area contributed by atoms with Crippen LogP contribution in [-0.4, -0.2) is 23.5 Å². The first kappa shape index (κ1) is 16.6. The SMILES string of the molecule is O=C=NCCCCCCCCCCNC(=S)S. The zero-order valence-electron chi connectivity index (χ0n) is 10.3. The van der Waals surface area contributed by atoms with E-state index >= 15 is 0 Å². The Kier molecular flexibility index (Phi) is 13.4. The molecule has 0 aromatic heterocycles. The number of thiol groups is 1. The summed E-state index contributed by atoms with van der Waals surface area (Å²) in [7, 11) is 0. The number of rotatable bonds is 11. The minimum Gasteiger partial charge on any atom is -0.371 e. The number of hydrogen-bond acceptors (Lipinski definition) is 3. The molecule has 0 aromatic carbocycles. The number of carbonyl (C=O) groups excluding carboxylic acids is 1. The Hall–Kier alpha value is -0.380. The number of nitrogens with zero attached hydrogens (tertiary/aromatic N) is 1. The third-order valence-electron chi connectivity index (χ3n) is 2.54. The average molecular weight is 274 g/mol. The summed E-state index contributed by atoms with van der Waals surface area (Å²) < 4.78 is 0.586. The van der Waals surface area contributed by atoms with Crippen molar-refractivity contribution in [2.45, 2.75) is 51.4 Å². The van der Waals surface area contributed by atoms with E-state index in [2.05, 4.69) is 22.9 Å². The predicted molar refractivity (Wildman–Crippen MR) is 79.5 cm³/mol. The largest absolute Gasteiger partial charge is 0.371 e. The average Bonchev–Trinajstić information content (AvgIpc) is 2.30. The molecule has 0 saturated heterocycles. The Labute approximate surface area is 115 Å². The molecule has 98 valence electrons. The van der Waals surface area contributed by atoms with Crippen molar-refractivity contribution in [3.63, 3.8) is 0 Å². The second-order valence-corrected chi connectivity index (χ2v) is 5.19. The van der Waals surface area contributed by atoms with Crippen molar-refractivity contribution in [3.05, 3.63) is 0 Å². The Morgan fingerprint density at radius 2 is 1.59 bits per heavy atom. The summed E-state index contributed by atoms with van der Waals surface area (Å²) in [6, 6.07) is 0. The fourth-order valence-corrected chi connectivity index (χ4v) is 1.83. The van der Waals surface area contributed by atoms with Crippen molar-refractivity contribution in [1.29, 1.82) is 0 Å². The van der Waals surface area contributed by atoms with Gasteiger partial charge in [-0.05, 0) is 12.8 Å². The van der Waals surface area contributed by atoms with Crippen LogP contribution in [0.4, 0.5) is 0 Å². The summed E-state index contributed by atoms with van der Waals surface area (Å²) >= 11 is 8.79. The van der Waals surface area contributed by atoms with E-state index in [4.69, 9.17) is 12.2 Å². The molecule has 0 saturated carbocycles. The molecule has 17 heavy (non-hydrogen) atoms. The van der Waals surface area contributed by atoms with Gasteiger partial charge in [-0.3, -0.25) is 0 Å². The van der Waals surface area contributed by atoms with Crippen LogP contribution in [0.2, 0.25) is 0 Å². The predicted octanol–water partition coefficient (Wildman–Crippen LogP) is 3.25. The first-order valence-corrected chi connectivity index (χ1v) is 7.13. The lowest BCUT2D eigenvalue weighted by molar-refractivity contribution is 0.556. The monoisotopic (exact) mass is 274 g/mol. The summed E-state index contributed by atoms with van der Waals surface area (Å²) in [6.07, 6.45) is 11.3. The third kappa shape index (κ3) is 15.6. The maximum atomic E-state index is 9.80. The van der Waals surface area contributed by atoms with Gasteiger partial charge in [0, 0.05) is 6.54 Å². The molecule has 0 rings (SSSR count). The zero-order chi connectivity index (χ0) is 12.8. The topological polar surface area (TPSA) is 41.5 Å². The molecule has 3 nitrogen and oxygen atoms in total. The molecule has 0 aliphatic heterocycles. The van der Waals surface area contributed by atoms with Gasteiger partial charge in [-0.25, -0.2) is 9.79 Å². The quantitative estimate of drug-likeness (QED) is 0.200. The van der Waals surface area contributed by atoms with Crippen LogP contribution in [0.3, 0.4) is 0 Å². The second kappa shape index (κ2) is 13.7. The van der Waals surface area contributed by atoms with E-state index in [-0.39, 0.29) is 0 Å². The van der Waals surface area contributed by atoms with Crippen molar-refractivity contribution < 1.29 is 4.79 Å². The minimum atomic E-state index is 0.586. The van der Waals surface area contributed by atoms with E-state index in [0.29, 0.717) is 10.9 Å². The standard InChI is InChI=1S/C12H22N2OS2/c15-11-13-9-7-5-3-1-2-4-6-8-10-14-12(16)17/h1-10H2,(H2,14,16,17). The molecular formula is C12H22N2OS2. The molecule has 0 aromatic rings. The summed E-state index contributed by atoms with van der Waals surface area (Å²) in [5.74, 6) is 0. The minimum absolute atomic E-state index is 0.586. The van der Waals surface area contributed by atoms with Crippen molar-refractivity contribution in [1.82, 2.24) is 5.32 Å². The molecule has 0 unspecified atom stereocenters. The fraction of sp³-hybridized carbons (Fsp3) is 0.833. The lowest BCUT2D eigenvalue weighted by Crippen LogP contribution is -2.17. The second-order valence-electron chi connectivity index (χ2n) is 4.03. The molecule has 0 atom stereocenters. The van der Waals surface area contributed by atoms with Gasteiger partial charge in [0.2, 0.25) is 6.08 Å². The highest BCUT2D eigenvalue weighted by molar-refractivity contribution is 8.11. The van der Waals surface area contributed by atoms with Crippen LogP contribution < -0.4 is 5.32 Å². The van der Waals surface area contributed by atoms with Gasteiger partial charge in [0.15, 0.2) is 0 Å². The van der Waals surface area contributed by atoms with Crippen molar-refractivity contribution in [2.75, 3.05) is 13.1 Å². The molecule has 0 heterocycles. The number of nitrogens with one attached hydrogen (secondary N) is 1. The zero-order valence-corrected chi connectivity index (χ0v) is 12.0. The highest BCUT2D eigenvalue weighted by atomic mass is 32.1. The van der Waals surface area contributed by atoms with Crippen LogP contribution in [0, 0.1) is 0 Å². The molecule has 0 radical (unpaired) electrons. The van der Waals surface area contributed by atoms with Crippen LogP contribution in [0.15, 0.2) is 4.99 Å². The third-order valence-corrected chi connectivity index (χ3v) is 2.84. The van der Waals surface area contributed by atoms with E-state index < -0.39 is 0 Å². The van der Waals surface area contributed by atoms with Gasteiger partial charge in [0.05, 0.1) is 6.54 Å². The molecule has 5 heteroatoms. The summed E-state index contributed by atoms with van der Waals surface area (Å²) in [5, 5.41) is 3.03. The van der Waals surface area contributed by atoms with Gasteiger partial charge in [0.25, 0.3) is 0 Å². The smallest absolute Gasteiger partial charge is 0.234 e. The number of aliphatic imine (C=N–C) groups is 1. The summed E-state index contributed by atoms with van der Waals surface area (Å²) in [4.78, 5) is 13.3. The van der Waals surface area contributed by atoms with Gasteiger partial charge >= 0.3 is 0 Å². The Morgan fingerprint density at radius 3 is 2.12 bits per heavy atom. The number of thiocarbonyl (C=S) groups is 1. The number of unbranched alkanes of at least 4 members (excludes halogenated alkanes) is 7. The van der Waals surface area contributed by atoms with Crippen LogP contribution >= 0.6 is 24.8 Å². The van der Waals surface area contributed by atoms with Crippen molar-refractivity contribution in [2.24, 2.45) is 4.99 Å². The molecule has 0 aliphatic carbocycles. The molecule has 0 aliphatic rings. The van der Waals surface area contributed by atoms with Gasteiger partial charge in [0.1, 0.15) is 4.32 Å². The Balaban J connectivity index is 2.98. The van der Waals surface area contributed by atoms with E-state index in [9.17, 15) is 4.79 Å². The maximum absolute atomic E-state index is 9.80. The first-order chi connectivity index (χ1) is 8.27. The van der Waals surface area contributed by atoms with Crippen LogP contribution in [0.25, 0.3) is 0 Å². The van der Waals surface area contributed by atoms with Crippen molar-refractivity contribution >= 4 is 35.2 Å². The molecule has 1 N–H and O–H groups in total. The lowest BCUT2D eigenvalue weighted by atomic mass is 10.1. The number of hydrogen-bond donors (Lipinski definition) is 2. The highest BCUT2D eigenvalue weighted by Crippen LogP contribution is 2.08. The van der Waals surface area contributed by atoms with E-state index in [0.717, 1.165) is 19.4 Å².